The van der Waals surface area contributed by atoms with Gasteiger partial charge in [0.05, 0.1) is 41.5 Å². The van der Waals surface area contributed by atoms with E-state index in [4.69, 9.17) is 28.4 Å². The van der Waals surface area contributed by atoms with Gasteiger partial charge >= 0.3 is 5.97 Å². The number of nitrogens with zero attached hydrogens (tertiary/aromatic N) is 2. The second kappa shape index (κ2) is 36.9. The Morgan fingerprint density at radius 2 is 1.29 bits per heavy atom. The van der Waals surface area contributed by atoms with Gasteiger partial charge in [-0.05, 0) is 126 Å². The van der Waals surface area contributed by atoms with Crippen LogP contribution in [-0.2, 0) is 38.0 Å². The van der Waals surface area contributed by atoms with E-state index in [-0.39, 0.29) is 49.7 Å². The molecule has 0 spiro atoms. The van der Waals surface area contributed by atoms with Gasteiger partial charge in [0, 0.05) is 44.5 Å². The highest BCUT2D eigenvalue weighted by atomic mass is 35.5. The third-order valence-electron chi connectivity index (χ3n) is 18.0. The van der Waals surface area contributed by atoms with Crippen molar-refractivity contribution in [2.75, 3.05) is 34.3 Å². The SMILES string of the molecule is CC[C@H]1OC(=O)[C@H](C)[C@@H](O[C@H]2C[C@@](C)(OC)[C@@H](O)[C@H](C)O2)[C@H](C)[C@@H](O[C@@H]2O[C@H](C)C[C@H](N(C)C)[C@H]2O)[C@](C)(O)C[C@@H](C)CN(CCCCCCCCCCCC(P)CCCCCCCCCCCC=O)[C@H](C)[C@@H](O)[C@]1(C)O.Cl. The summed E-state index contributed by atoms with van der Waals surface area (Å²) in [7, 11) is 8.44. The van der Waals surface area contributed by atoms with Gasteiger partial charge in [-0.1, -0.05) is 124 Å². The van der Waals surface area contributed by atoms with Crippen molar-refractivity contribution in [3.8, 4) is 0 Å². The molecule has 462 valence electrons. The summed E-state index contributed by atoms with van der Waals surface area (Å²) in [4.78, 5) is 29.2. The Hall–Kier alpha value is -0.620. The Balaban J connectivity index is 0.0000208. The summed E-state index contributed by atoms with van der Waals surface area (Å²) >= 11 is 0. The molecule has 15 nitrogen and oxygen atoms in total. The minimum absolute atomic E-state index is 0. The average Bonchev–Trinajstić information content (AvgIpc) is 3.38. The van der Waals surface area contributed by atoms with Gasteiger partial charge in [0.25, 0.3) is 0 Å². The van der Waals surface area contributed by atoms with Gasteiger partial charge in [-0.3, -0.25) is 9.69 Å². The van der Waals surface area contributed by atoms with E-state index in [9.17, 15) is 35.1 Å². The standard InChI is InChI=1S/C61H117N2O13P.ClH/c1-14-50-61(10,70)54(66)46(6)63(36-32-28-24-20-17-19-23-27-31-35-48(77)34-30-26-22-18-15-16-21-25-29-33-37-64)41-42(2)39-59(8,69)56(76-58-52(65)49(62(11)12)38-43(3)72-58)44(4)53(45(5)57(68)74-50)75-51-40-60(9,71-13)55(67)47(7)73-51;/h37,42-56,58,65-67,69-70H,14-36,38-41,77H2,1-13H3;1H/t42-,43-,44+,45-,46-,47+,48?,49+,50-,51+,52-,53+,54-,55+,56-,58+,59-,60-,61-;/m1./s1. The Morgan fingerprint density at radius 3 is 1.81 bits per heavy atom. The number of cyclic esters (lactones) is 1. The minimum atomic E-state index is -1.83. The van der Waals surface area contributed by atoms with Crippen LogP contribution in [0.3, 0.4) is 0 Å². The van der Waals surface area contributed by atoms with E-state index in [1.165, 1.54) is 110 Å². The maximum atomic E-state index is 14.6. The molecule has 0 radical (unpaired) electrons. The van der Waals surface area contributed by atoms with Crippen molar-refractivity contribution in [3.05, 3.63) is 0 Å². The lowest BCUT2D eigenvalue weighted by Crippen LogP contribution is -2.60. The molecule has 0 aliphatic carbocycles. The summed E-state index contributed by atoms with van der Waals surface area (Å²) in [6, 6.07) is -0.817. The first-order valence-electron chi connectivity index (χ1n) is 30.8. The molecule has 3 fully saturated rings. The number of hydrogen-bond acceptors (Lipinski definition) is 15. The number of carbonyl (C=O) groups is 2. The van der Waals surface area contributed by atoms with Crippen molar-refractivity contribution < 1.29 is 63.5 Å². The summed E-state index contributed by atoms with van der Waals surface area (Å²) < 4.78 is 38.4. The summed E-state index contributed by atoms with van der Waals surface area (Å²) in [5, 5.41) is 60.3. The highest BCUT2D eigenvalue weighted by molar-refractivity contribution is 7.17. The molecule has 20 atom stereocenters. The zero-order chi connectivity index (χ0) is 57.5. The topological polar surface area (TPSA) is 197 Å². The predicted molar refractivity (Wildman–Crippen MR) is 317 cm³/mol. The van der Waals surface area contributed by atoms with Gasteiger partial charge in [-0.2, -0.15) is 0 Å². The van der Waals surface area contributed by atoms with Gasteiger partial charge in [-0.25, -0.2) is 0 Å². The lowest BCUT2D eigenvalue weighted by atomic mass is 9.77. The quantitative estimate of drug-likeness (QED) is 0.0190. The summed E-state index contributed by atoms with van der Waals surface area (Å²) in [6.45, 7) is 19.3. The van der Waals surface area contributed by atoms with Crippen molar-refractivity contribution >= 4 is 33.9 Å². The molecule has 0 amide bonds. The van der Waals surface area contributed by atoms with E-state index in [0.29, 0.717) is 25.9 Å². The number of aliphatic hydroxyl groups excluding tert-OH is 3. The smallest absolute Gasteiger partial charge is 0.311 e. The van der Waals surface area contributed by atoms with Crippen LogP contribution < -0.4 is 0 Å². The third kappa shape index (κ3) is 23.4. The van der Waals surface area contributed by atoms with Gasteiger partial charge < -0.3 is 63.6 Å². The average molecular weight is 1150 g/mol. The molecule has 0 aromatic rings. The van der Waals surface area contributed by atoms with Crippen LogP contribution in [0.5, 0.6) is 0 Å². The molecule has 2 unspecified atom stereocenters. The van der Waals surface area contributed by atoms with Crippen molar-refractivity contribution in [1.82, 2.24) is 9.80 Å². The number of hydrogen-bond donors (Lipinski definition) is 5. The zero-order valence-electron chi connectivity index (χ0n) is 51.3. The number of aldehydes is 1. The van der Waals surface area contributed by atoms with E-state index in [2.05, 4.69) is 21.1 Å². The number of aliphatic hydroxyl groups is 5. The van der Waals surface area contributed by atoms with Crippen molar-refractivity contribution in [2.24, 2.45) is 17.8 Å². The normalized spacial score (nSPS) is 37.3. The van der Waals surface area contributed by atoms with E-state index in [1.54, 1.807) is 34.6 Å². The Morgan fingerprint density at radius 1 is 0.769 bits per heavy atom. The Bertz CT molecular complexity index is 1620. The molecule has 78 heavy (non-hydrogen) atoms. The van der Waals surface area contributed by atoms with E-state index < -0.39 is 96.0 Å². The molecule has 3 saturated heterocycles. The number of carbonyl (C=O) groups excluding carboxylic acids is 2. The molecule has 3 aliphatic rings. The van der Waals surface area contributed by atoms with Gasteiger partial charge in [-0.15, -0.1) is 21.6 Å². The fraction of sp³-hybridized carbons (Fsp3) is 0.967. The van der Waals surface area contributed by atoms with Crippen LogP contribution in [0.25, 0.3) is 0 Å². The number of rotatable bonds is 31. The molecular weight excluding hydrogens is 1040 g/mol. The predicted octanol–water partition coefficient (Wildman–Crippen LogP) is 10.3. The van der Waals surface area contributed by atoms with Gasteiger partial charge in [0.2, 0.25) is 0 Å². The van der Waals surface area contributed by atoms with Crippen LogP contribution >= 0.6 is 21.6 Å². The number of ether oxygens (including phenoxy) is 6. The maximum Gasteiger partial charge on any atom is 0.311 e. The fourth-order valence-electron chi connectivity index (χ4n) is 12.9. The van der Waals surface area contributed by atoms with Crippen LogP contribution in [0.15, 0.2) is 0 Å². The molecule has 5 N–H and O–H groups in total. The molecule has 0 bridgehead atoms. The summed E-state index contributed by atoms with van der Waals surface area (Å²) in [5.41, 5.74) is -3.72. The molecule has 0 saturated carbocycles. The number of unbranched alkanes of at least 4 members (excludes halogenated alkanes) is 17. The monoisotopic (exact) mass is 1150 g/mol. The van der Waals surface area contributed by atoms with E-state index >= 15 is 0 Å². The number of likely N-dealkylation sites (N-methyl/N-ethyl adjacent to an activating group) is 1. The first-order chi connectivity index (χ1) is 36.3. The van der Waals surface area contributed by atoms with Gasteiger partial charge in [0.15, 0.2) is 12.6 Å². The maximum absolute atomic E-state index is 14.6. The number of esters is 1. The lowest BCUT2D eigenvalue weighted by molar-refractivity contribution is -0.318. The first kappa shape index (κ1) is 73.5. The van der Waals surface area contributed by atoms with Crippen LogP contribution in [-0.4, -0.2) is 178 Å². The van der Waals surface area contributed by atoms with Crippen molar-refractivity contribution in [2.45, 2.75) is 326 Å². The number of methoxy groups -OCH3 is 1. The summed E-state index contributed by atoms with van der Waals surface area (Å²) in [5.74, 6) is -2.61. The molecular formula is C61H118ClN2O13P. The molecule has 3 heterocycles. The van der Waals surface area contributed by atoms with Gasteiger partial charge in [0.1, 0.15) is 36.3 Å². The molecule has 0 aromatic heterocycles. The number of halogens is 1. The van der Waals surface area contributed by atoms with E-state index in [1.807, 2.05) is 46.7 Å². The third-order valence-corrected chi connectivity index (χ3v) is 18.6. The van der Waals surface area contributed by atoms with Crippen LogP contribution in [0.1, 0.15) is 230 Å². The highest BCUT2D eigenvalue weighted by Crippen LogP contribution is 2.40. The largest absolute Gasteiger partial charge is 0.459 e. The fourth-order valence-corrected chi connectivity index (χ4v) is 13.3. The van der Waals surface area contributed by atoms with Crippen LogP contribution in [0, 0.1) is 17.8 Å². The zero-order valence-corrected chi connectivity index (χ0v) is 53.3. The Kier molecular flexibility index (Phi) is 34.8. The van der Waals surface area contributed by atoms with Crippen molar-refractivity contribution in [1.29, 1.82) is 0 Å². The molecule has 0 aromatic carbocycles. The minimum Gasteiger partial charge on any atom is -0.459 e. The van der Waals surface area contributed by atoms with Crippen molar-refractivity contribution in [3.63, 3.8) is 0 Å². The molecule has 3 aliphatic heterocycles. The second-order valence-corrected chi connectivity index (χ2v) is 26.3. The summed E-state index contributed by atoms with van der Waals surface area (Å²) in [6.07, 6.45) is 18.1. The highest BCUT2D eigenvalue weighted by Gasteiger charge is 2.53. The molecule has 3 rings (SSSR count). The second-order valence-electron chi connectivity index (χ2n) is 25.4. The first-order valence-corrected chi connectivity index (χ1v) is 31.5. The Labute approximate surface area is 483 Å². The van der Waals surface area contributed by atoms with Crippen LogP contribution in [0.4, 0.5) is 0 Å². The van der Waals surface area contributed by atoms with Crippen LogP contribution in [0.2, 0.25) is 0 Å². The molecule has 17 heteroatoms. The van der Waals surface area contributed by atoms with E-state index in [0.717, 1.165) is 37.6 Å². The lowest BCUT2D eigenvalue weighted by Gasteiger charge is -2.48.